The van der Waals surface area contributed by atoms with Gasteiger partial charge in [-0.2, -0.15) is 0 Å². The van der Waals surface area contributed by atoms with Gasteiger partial charge in [-0.1, -0.05) is 24.3 Å². The lowest BCUT2D eigenvalue weighted by Crippen LogP contribution is -2.53. The van der Waals surface area contributed by atoms with E-state index in [9.17, 15) is 14.4 Å². The number of fused-ring (bicyclic) bond motifs is 1. The molecule has 0 radical (unpaired) electrons. The molecule has 4 N–H and O–H groups in total. The molecule has 2 aliphatic heterocycles. The van der Waals surface area contributed by atoms with Crippen molar-refractivity contribution in [1.29, 1.82) is 0 Å². The first-order chi connectivity index (χ1) is 15.0. The van der Waals surface area contributed by atoms with E-state index in [2.05, 4.69) is 10.6 Å². The highest BCUT2D eigenvalue weighted by Gasteiger charge is 2.38. The topological polar surface area (TPSA) is 127 Å². The van der Waals surface area contributed by atoms with Crippen LogP contribution < -0.4 is 16.4 Å². The van der Waals surface area contributed by atoms with Crippen LogP contribution in [0.2, 0.25) is 0 Å². The molecule has 2 aliphatic rings. The van der Waals surface area contributed by atoms with Crippen molar-refractivity contribution in [3.8, 4) is 0 Å². The average Bonchev–Trinajstić information content (AvgIpc) is 3.27. The van der Waals surface area contributed by atoms with Gasteiger partial charge in [0.1, 0.15) is 11.8 Å². The van der Waals surface area contributed by atoms with Crippen molar-refractivity contribution in [3.05, 3.63) is 70.8 Å². The number of ether oxygens (including phenoxy) is 1. The first-order valence-corrected chi connectivity index (χ1v) is 10.1. The van der Waals surface area contributed by atoms with Gasteiger partial charge in [0.15, 0.2) is 0 Å². The molecule has 4 rings (SSSR count). The van der Waals surface area contributed by atoms with Crippen LogP contribution in [-0.2, 0) is 27.3 Å². The number of nitrogens with one attached hydrogen (secondary N) is 2. The smallest absolute Gasteiger partial charge is 0.338 e. The minimum absolute atomic E-state index is 0.140. The van der Waals surface area contributed by atoms with Gasteiger partial charge in [0, 0.05) is 18.8 Å². The summed E-state index contributed by atoms with van der Waals surface area (Å²) < 4.78 is 10.7. The molecule has 0 fully saturated rings. The molecule has 0 saturated carbocycles. The van der Waals surface area contributed by atoms with Gasteiger partial charge in [0.2, 0.25) is 5.91 Å². The van der Waals surface area contributed by atoms with Crippen LogP contribution in [0, 0.1) is 0 Å². The van der Waals surface area contributed by atoms with Gasteiger partial charge in [-0.25, -0.2) is 9.59 Å². The summed E-state index contributed by atoms with van der Waals surface area (Å²) in [6.45, 7) is 2.48. The molecule has 1 aromatic heterocycles. The molecule has 3 heterocycles. The van der Waals surface area contributed by atoms with Gasteiger partial charge >= 0.3 is 12.0 Å². The number of nitrogens with two attached hydrogens (primary N) is 1. The second-order valence-corrected chi connectivity index (χ2v) is 7.46. The lowest BCUT2D eigenvalue weighted by atomic mass is 9.92. The van der Waals surface area contributed by atoms with Crippen molar-refractivity contribution in [2.75, 3.05) is 13.2 Å². The summed E-state index contributed by atoms with van der Waals surface area (Å²) in [7, 11) is 0. The Labute approximate surface area is 179 Å². The maximum absolute atomic E-state index is 12.9. The molecule has 0 bridgehead atoms. The molecule has 162 valence electrons. The highest BCUT2D eigenvalue weighted by Crippen LogP contribution is 2.30. The van der Waals surface area contributed by atoms with E-state index in [0.717, 1.165) is 11.1 Å². The molecular formula is C22H24N4O5. The van der Waals surface area contributed by atoms with Gasteiger partial charge in [-0.3, -0.25) is 9.69 Å². The first-order valence-electron chi connectivity index (χ1n) is 10.1. The number of carbonyl (C=O) groups excluding carboxylic acids is 3. The number of furan rings is 1. The SMILES string of the molecule is CCOC(=O)C1=C(CN2Cc3ccccc3C[C@H]2C(N)=O)NC(=O)NC1c1ccco1. The minimum Gasteiger partial charge on any atom is -0.467 e. The number of esters is 1. The summed E-state index contributed by atoms with van der Waals surface area (Å²) >= 11 is 0. The number of amides is 3. The molecule has 1 unspecified atom stereocenters. The van der Waals surface area contributed by atoms with Crippen molar-refractivity contribution in [1.82, 2.24) is 15.5 Å². The maximum Gasteiger partial charge on any atom is 0.338 e. The van der Waals surface area contributed by atoms with E-state index < -0.39 is 30.0 Å². The lowest BCUT2D eigenvalue weighted by molar-refractivity contribution is -0.139. The molecule has 0 saturated heterocycles. The van der Waals surface area contributed by atoms with E-state index in [0.29, 0.717) is 24.4 Å². The third kappa shape index (κ3) is 4.17. The summed E-state index contributed by atoms with van der Waals surface area (Å²) in [6.07, 6.45) is 1.93. The normalized spacial score (nSPS) is 21.1. The zero-order chi connectivity index (χ0) is 22.0. The number of benzene rings is 1. The highest BCUT2D eigenvalue weighted by molar-refractivity contribution is 5.95. The van der Waals surface area contributed by atoms with E-state index in [4.69, 9.17) is 14.9 Å². The van der Waals surface area contributed by atoms with E-state index in [1.165, 1.54) is 6.26 Å². The zero-order valence-corrected chi connectivity index (χ0v) is 17.1. The van der Waals surface area contributed by atoms with Gasteiger partial charge in [-0.15, -0.1) is 0 Å². The van der Waals surface area contributed by atoms with Gasteiger partial charge in [0.25, 0.3) is 0 Å². The number of nitrogens with zero attached hydrogens (tertiary/aromatic N) is 1. The number of rotatable bonds is 6. The van der Waals surface area contributed by atoms with Crippen LogP contribution in [0.1, 0.15) is 29.9 Å². The fourth-order valence-corrected chi connectivity index (χ4v) is 4.09. The molecule has 2 atom stereocenters. The Morgan fingerprint density at radius 1 is 1.23 bits per heavy atom. The van der Waals surface area contributed by atoms with E-state index >= 15 is 0 Å². The van der Waals surface area contributed by atoms with Crippen LogP contribution in [0.25, 0.3) is 0 Å². The number of hydrogen-bond acceptors (Lipinski definition) is 6. The first kappa shape index (κ1) is 20.7. The lowest BCUT2D eigenvalue weighted by Gasteiger charge is -2.37. The monoisotopic (exact) mass is 424 g/mol. The van der Waals surface area contributed by atoms with Crippen LogP contribution in [0.4, 0.5) is 4.79 Å². The van der Waals surface area contributed by atoms with Crippen molar-refractivity contribution in [3.63, 3.8) is 0 Å². The van der Waals surface area contributed by atoms with Crippen LogP contribution >= 0.6 is 0 Å². The number of hydrogen-bond donors (Lipinski definition) is 3. The van der Waals surface area contributed by atoms with Crippen molar-refractivity contribution >= 4 is 17.9 Å². The zero-order valence-electron chi connectivity index (χ0n) is 17.1. The van der Waals surface area contributed by atoms with E-state index in [-0.39, 0.29) is 18.7 Å². The number of primary amides is 1. The molecule has 9 heteroatoms. The Hall–Kier alpha value is -3.59. The predicted molar refractivity (Wildman–Crippen MR) is 110 cm³/mol. The molecule has 1 aromatic carbocycles. The Kier molecular flexibility index (Phi) is 5.77. The second kappa shape index (κ2) is 8.65. The fourth-order valence-electron chi connectivity index (χ4n) is 4.09. The Morgan fingerprint density at radius 3 is 2.68 bits per heavy atom. The maximum atomic E-state index is 12.9. The largest absolute Gasteiger partial charge is 0.467 e. The summed E-state index contributed by atoms with van der Waals surface area (Å²) in [5.74, 6) is -0.624. The molecule has 2 aromatic rings. The highest BCUT2D eigenvalue weighted by atomic mass is 16.5. The number of carbonyl (C=O) groups is 3. The minimum atomic E-state index is -0.804. The summed E-state index contributed by atoms with van der Waals surface area (Å²) in [5.41, 5.74) is 8.41. The van der Waals surface area contributed by atoms with E-state index in [1.54, 1.807) is 19.1 Å². The molecule has 0 aliphatic carbocycles. The average molecular weight is 424 g/mol. The van der Waals surface area contributed by atoms with Crippen molar-refractivity contribution in [2.45, 2.75) is 32.0 Å². The second-order valence-electron chi connectivity index (χ2n) is 7.46. The van der Waals surface area contributed by atoms with Crippen molar-refractivity contribution < 1.29 is 23.5 Å². The fraction of sp³-hybridized carbons (Fsp3) is 0.318. The third-order valence-corrected chi connectivity index (χ3v) is 5.51. The third-order valence-electron chi connectivity index (χ3n) is 5.51. The quantitative estimate of drug-likeness (QED) is 0.601. The summed E-state index contributed by atoms with van der Waals surface area (Å²) in [6, 6.07) is 9.34. The summed E-state index contributed by atoms with van der Waals surface area (Å²) in [5, 5.41) is 5.43. The molecule has 0 spiro atoms. The Morgan fingerprint density at radius 2 is 2.00 bits per heavy atom. The molecule has 31 heavy (non-hydrogen) atoms. The standard InChI is InChI=1S/C22H24N4O5/c1-2-30-21(28)18-15(24-22(29)25-19(18)17-8-5-9-31-17)12-26-11-14-7-4-3-6-13(14)10-16(26)20(23)27/h3-9,16,19H,2,10-12H2,1H3,(H2,23,27)(H2,24,25,29)/t16-,19?/m0/s1. The Bertz CT molecular complexity index is 1030. The molecule has 9 nitrogen and oxygen atoms in total. The molecular weight excluding hydrogens is 400 g/mol. The van der Waals surface area contributed by atoms with Crippen LogP contribution in [0.3, 0.4) is 0 Å². The number of urea groups is 1. The van der Waals surface area contributed by atoms with Gasteiger partial charge in [-0.05, 0) is 36.6 Å². The van der Waals surface area contributed by atoms with Gasteiger partial charge in [0.05, 0.1) is 24.5 Å². The predicted octanol–water partition coefficient (Wildman–Crippen LogP) is 1.36. The van der Waals surface area contributed by atoms with Gasteiger partial charge < -0.3 is 25.5 Å². The van der Waals surface area contributed by atoms with Crippen molar-refractivity contribution in [2.24, 2.45) is 5.73 Å². The van der Waals surface area contributed by atoms with Crippen LogP contribution in [0.5, 0.6) is 0 Å². The Balaban J connectivity index is 1.73. The molecule has 3 amide bonds. The summed E-state index contributed by atoms with van der Waals surface area (Å²) in [4.78, 5) is 39.3. The van der Waals surface area contributed by atoms with Crippen LogP contribution in [0.15, 0.2) is 58.3 Å². The van der Waals surface area contributed by atoms with Crippen LogP contribution in [-0.4, -0.2) is 42.0 Å². The van der Waals surface area contributed by atoms with E-state index in [1.807, 2.05) is 29.2 Å².